The van der Waals surface area contributed by atoms with Gasteiger partial charge in [0.05, 0.1) is 35.9 Å². The number of carbonyl (C=O) groups excluding carboxylic acids is 2. The number of anilines is 1. The summed E-state index contributed by atoms with van der Waals surface area (Å²) in [5.41, 5.74) is 3.91. The molecule has 1 unspecified atom stereocenters. The molecule has 8 nitrogen and oxygen atoms in total. The topological polar surface area (TPSA) is 86.3 Å². The van der Waals surface area contributed by atoms with Gasteiger partial charge in [0.2, 0.25) is 0 Å². The van der Waals surface area contributed by atoms with Crippen LogP contribution in [0.4, 0.5) is 10.5 Å². The van der Waals surface area contributed by atoms with E-state index in [1.54, 1.807) is 32.9 Å². The van der Waals surface area contributed by atoms with Gasteiger partial charge in [-0.1, -0.05) is 41.4 Å². The Balaban J connectivity index is 1.29. The van der Waals surface area contributed by atoms with Crippen LogP contribution in [0.3, 0.4) is 0 Å². The molecule has 0 aliphatic carbocycles. The highest BCUT2D eigenvalue weighted by atomic mass is 35.5. The van der Waals surface area contributed by atoms with Crippen molar-refractivity contribution in [2.45, 2.75) is 58.1 Å². The number of rotatable bonds is 5. The lowest BCUT2D eigenvalue weighted by Gasteiger charge is -2.37. The molecule has 0 saturated carbocycles. The normalized spacial score (nSPS) is 17.9. The predicted molar refractivity (Wildman–Crippen MR) is 157 cm³/mol. The van der Waals surface area contributed by atoms with Crippen molar-refractivity contribution in [3.05, 3.63) is 86.9 Å². The number of benzene rings is 3. The summed E-state index contributed by atoms with van der Waals surface area (Å²) in [6.07, 6.45) is -0.462. The molecule has 0 aromatic heterocycles. The van der Waals surface area contributed by atoms with Gasteiger partial charge in [0.25, 0.3) is 0 Å². The number of amides is 1. The summed E-state index contributed by atoms with van der Waals surface area (Å²) in [7, 11) is 1.32. The fourth-order valence-electron chi connectivity index (χ4n) is 4.87. The Hall–Kier alpha value is -3.62. The highest BCUT2D eigenvalue weighted by Gasteiger charge is 2.38. The van der Waals surface area contributed by atoms with E-state index in [2.05, 4.69) is 5.32 Å². The monoisotopic (exact) mass is 598 g/mol. The molecule has 3 aromatic carbocycles. The summed E-state index contributed by atoms with van der Waals surface area (Å²) in [6.45, 7) is 6.52. The van der Waals surface area contributed by atoms with Crippen LogP contribution in [0.15, 0.2) is 54.6 Å². The van der Waals surface area contributed by atoms with E-state index < -0.39 is 23.7 Å². The Bertz CT molecular complexity index is 1450. The van der Waals surface area contributed by atoms with Crippen molar-refractivity contribution in [3.63, 3.8) is 0 Å². The summed E-state index contributed by atoms with van der Waals surface area (Å²) in [5.74, 6) is 0.925. The third kappa shape index (κ3) is 6.66. The molecule has 0 radical (unpaired) electrons. The predicted octanol–water partition coefficient (Wildman–Crippen LogP) is 6.95. The van der Waals surface area contributed by atoms with Crippen molar-refractivity contribution in [3.8, 4) is 11.5 Å². The molecule has 0 bridgehead atoms. The Kier molecular flexibility index (Phi) is 8.25. The van der Waals surface area contributed by atoms with Gasteiger partial charge >= 0.3 is 12.1 Å². The van der Waals surface area contributed by atoms with Crippen molar-refractivity contribution in [1.29, 1.82) is 0 Å². The van der Waals surface area contributed by atoms with E-state index in [1.165, 1.54) is 12.0 Å². The molecule has 0 fully saturated rings. The zero-order chi connectivity index (χ0) is 29.3. The molecule has 2 aliphatic heterocycles. The lowest BCUT2D eigenvalue weighted by molar-refractivity contribution is -0.147. The second kappa shape index (κ2) is 11.7. The lowest BCUT2D eigenvalue weighted by Crippen LogP contribution is -2.50. The molecule has 2 aliphatic rings. The average molecular weight is 600 g/mol. The molecule has 216 valence electrons. The highest BCUT2D eigenvalue weighted by Crippen LogP contribution is 2.39. The van der Waals surface area contributed by atoms with Gasteiger partial charge < -0.3 is 24.3 Å². The van der Waals surface area contributed by atoms with E-state index in [-0.39, 0.29) is 12.6 Å². The van der Waals surface area contributed by atoms with Crippen molar-refractivity contribution in [2.24, 2.45) is 0 Å². The Morgan fingerprint density at radius 3 is 2.46 bits per heavy atom. The Morgan fingerprint density at radius 1 is 1.02 bits per heavy atom. The molecular formula is C31H32Cl2N2O6. The summed E-state index contributed by atoms with van der Waals surface area (Å²) in [5, 5.41) is 4.46. The van der Waals surface area contributed by atoms with Crippen LogP contribution in [0.5, 0.6) is 11.5 Å². The van der Waals surface area contributed by atoms with E-state index in [4.69, 9.17) is 42.1 Å². The number of esters is 1. The lowest BCUT2D eigenvalue weighted by atomic mass is 9.92. The smallest absolute Gasteiger partial charge is 0.411 e. The number of nitrogens with one attached hydrogen (secondary N) is 1. The molecule has 0 spiro atoms. The first-order valence-corrected chi connectivity index (χ1v) is 14.1. The van der Waals surface area contributed by atoms with Crippen molar-refractivity contribution < 1.29 is 28.5 Å². The number of halogens is 2. The second-order valence-corrected chi connectivity index (χ2v) is 11.9. The fraction of sp³-hybridized carbons (Fsp3) is 0.355. The summed E-state index contributed by atoms with van der Waals surface area (Å²) in [6, 6.07) is 16.3. The minimum Gasteiger partial charge on any atom is -0.489 e. The van der Waals surface area contributed by atoms with E-state index >= 15 is 0 Å². The number of hydrogen-bond donors (Lipinski definition) is 1. The van der Waals surface area contributed by atoms with Crippen molar-refractivity contribution >= 4 is 41.0 Å². The molecule has 41 heavy (non-hydrogen) atoms. The third-order valence-electron chi connectivity index (χ3n) is 6.92. The van der Waals surface area contributed by atoms with Crippen LogP contribution < -0.4 is 14.8 Å². The molecule has 2 heterocycles. The molecule has 2 atom stereocenters. The van der Waals surface area contributed by atoms with Gasteiger partial charge in [0.1, 0.15) is 35.9 Å². The number of nitrogens with zero attached hydrogens (tertiary/aromatic N) is 1. The maximum Gasteiger partial charge on any atom is 0.411 e. The highest BCUT2D eigenvalue weighted by molar-refractivity contribution is 6.42. The Morgan fingerprint density at radius 2 is 1.78 bits per heavy atom. The van der Waals surface area contributed by atoms with Gasteiger partial charge in [-0.2, -0.15) is 0 Å². The summed E-state index contributed by atoms with van der Waals surface area (Å²) >= 11 is 12.1. The first kappa shape index (κ1) is 28.9. The molecular weight excluding hydrogens is 567 g/mol. The first-order valence-electron chi connectivity index (χ1n) is 13.3. The number of ether oxygens (including phenoxy) is 4. The average Bonchev–Trinajstić information content (AvgIpc) is 2.94. The van der Waals surface area contributed by atoms with Gasteiger partial charge in [-0.15, -0.1) is 0 Å². The first-order chi connectivity index (χ1) is 19.5. The molecule has 3 aromatic rings. The zero-order valence-electron chi connectivity index (χ0n) is 23.3. The van der Waals surface area contributed by atoms with Crippen molar-refractivity contribution in [2.75, 3.05) is 19.0 Å². The van der Waals surface area contributed by atoms with Gasteiger partial charge in [0.15, 0.2) is 0 Å². The molecule has 10 heteroatoms. The number of fused-ring (bicyclic) bond motifs is 2. The van der Waals surface area contributed by atoms with Gasteiger partial charge in [-0.25, -0.2) is 9.59 Å². The van der Waals surface area contributed by atoms with Crippen LogP contribution in [0, 0.1) is 0 Å². The van der Waals surface area contributed by atoms with E-state index in [1.807, 2.05) is 42.5 Å². The molecule has 0 saturated heterocycles. The Labute approximate surface area is 249 Å². The van der Waals surface area contributed by atoms with Crippen LogP contribution in [0.25, 0.3) is 0 Å². The molecule has 5 rings (SSSR count). The minimum absolute atomic E-state index is 0.205. The van der Waals surface area contributed by atoms with Gasteiger partial charge in [0, 0.05) is 6.42 Å². The van der Waals surface area contributed by atoms with E-state index in [0.717, 1.165) is 33.7 Å². The maximum atomic E-state index is 13.0. The standard InChI is InChI=1S/C31H32Cl2N2O6/c1-31(2,3)41-30(37)35-16-21-14-27-25(12-20(21)13-26(35)29(36)38-4)34-15-28(40-27)19-6-8-22(9-7-19)39-17-18-5-10-23(32)24(33)11-18/h5-12,14,26,28,34H,13,15-17H2,1-4H3/t26?,28-/m1/s1. The van der Waals surface area contributed by atoms with E-state index in [9.17, 15) is 9.59 Å². The maximum absolute atomic E-state index is 13.0. The van der Waals surface area contributed by atoms with Crippen LogP contribution in [-0.4, -0.2) is 42.3 Å². The van der Waals surface area contributed by atoms with Gasteiger partial charge in [-0.3, -0.25) is 4.90 Å². The zero-order valence-corrected chi connectivity index (χ0v) is 24.8. The minimum atomic E-state index is -0.768. The fourth-order valence-corrected chi connectivity index (χ4v) is 5.19. The number of methoxy groups -OCH3 is 1. The third-order valence-corrected chi connectivity index (χ3v) is 7.66. The van der Waals surface area contributed by atoms with Crippen LogP contribution in [0.1, 0.15) is 49.1 Å². The second-order valence-electron chi connectivity index (χ2n) is 11.1. The quantitative estimate of drug-likeness (QED) is 0.318. The van der Waals surface area contributed by atoms with Crippen molar-refractivity contribution in [1.82, 2.24) is 4.90 Å². The van der Waals surface area contributed by atoms with Crippen LogP contribution in [-0.2, 0) is 33.8 Å². The van der Waals surface area contributed by atoms with E-state index in [0.29, 0.717) is 35.4 Å². The number of hydrogen-bond acceptors (Lipinski definition) is 7. The van der Waals surface area contributed by atoms with Crippen LogP contribution in [0.2, 0.25) is 10.0 Å². The van der Waals surface area contributed by atoms with Crippen LogP contribution >= 0.6 is 23.2 Å². The largest absolute Gasteiger partial charge is 0.489 e. The number of carbonyl (C=O) groups is 2. The molecule has 1 N–H and O–H groups in total. The summed E-state index contributed by atoms with van der Waals surface area (Å²) in [4.78, 5) is 27.0. The summed E-state index contributed by atoms with van der Waals surface area (Å²) < 4.78 is 22.9. The SMILES string of the molecule is COC(=O)C1Cc2cc3c(cc2CN1C(=O)OC(C)(C)C)O[C@@H](c1ccc(OCc2ccc(Cl)c(Cl)c2)cc1)CN3. The molecule has 1 amide bonds. The van der Waals surface area contributed by atoms with Gasteiger partial charge in [-0.05, 0) is 79.4 Å².